The molecule has 0 spiro atoms. The number of rotatable bonds is 7. The van der Waals surface area contributed by atoms with Crippen molar-refractivity contribution in [1.29, 1.82) is 0 Å². The van der Waals surface area contributed by atoms with E-state index in [1.54, 1.807) is 18.0 Å². The fraction of sp³-hybridized carbons (Fsp3) is 0.0690. The van der Waals surface area contributed by atoms with Gasteiger partial charge in [-0.05, 0) is 64.6 Å². The van der Waals surface area contributed by atoms with Gasteiger partial charge < -0.3 is 4.42 Å². The number of pyridine rings is 1. The molecule has 0 saturated heterocycles. The van der Waals surface area contributed by atoms with E-state index >= 15 is 0 Å². The van der Waals surface area contributed by atoms with Gasteiger partial charge in [-0.25, -0.2) is 4.98 Å². The Labute approximate surface area is 226 Å². The van der Waals surface area contributed by atoms with Crippen LogP contribution in [0.15, 0.2) is 113 Å². The third-order valence-corrected chi connectivity index (χ3v) is 7.60. The predicted octanol–water partition coefficient (Wildman–Crippen LogP) is 7.70. The van der Waals surface area contributed by atoms with Gasteiger partial charge in [-0.15, -0.1) is 10.2 Å². The average Bonchev–Trinajstić information content (AvgIpc) is 3.58. The van der Waals surface area contributed by atoms with Crippen molar-refractivity contribution in [2.45, 2.75) is 17.5 Å². The summed E-state index contributed by atoms with van der Waals surface area (Å²) in [7, 11) is 0. The largest absolute Gasteiger partial charge is 0.467 e. The molecule has 0 N–H and O–H groups in total. The summed E-state index contributed by atoms with van der Waals surface area (Å²) in [5.41, 5.74) is 5.15. The lowest BCUT2D eigenvalue weighted by Crippen LogP contribution is -2.04. The highest BCUT2D eigenvalue weighted by molar-refractivity contribution is 14.1. The van der Waals surface area contributed by atoms with Gasteiger partial charge in [0, 0.05) is 25.8 Å². The molecule has 3 heterocycles. The molecule has 0 saturated carbocycles. The zero-order valence-corrected chi connectivity index (χ0v) is 22.2. The molecule has 0 bridgehead atoms. The third-order valence-electron chi connectivity index (χ3n) is 5.89. The Hall–Kier alpha value is -3.43. The number of benzene rings is 3. The number of hydrogen-bond donors (Lipinski definition) is 0. The van der Waals surface area contributed by atoms with E-state index in [9.17, 15) is 0 Å². The lowest BCUT2D eigenvalue weighted by molar-refractivity contribution is 0.485. The molecular formula is C29H21IN4OS. The van der Waals surface area contributed by atoms with Crippen LogP contribution in [0.5, 0.6) is 0 Å². The molecule has 0 amide bonds. The van der Waals surface area contributed by atoms with Crippen LogP contribution in [0.2, 0.25) is 0 Å². The van der Waals surface area contributed by atoms with Crippen molar-refractivity contribution in [3.05, 3.63) is 118 Å². The van der Waals surface area contributed by atoms with Gasteiger partial charge in [-0.3, -0.25) is 4.57 Å². The maximum Gasteiger partial charge on any atom is 0.192 e. The fourth-order valence-corrected chi connectivity index (χ4v) is 5.68. The van der Waals surface area contributed by atoms with E-state index in [-0.39, 0.29) is 0 Å². The van der Waals surface area contributed by atoms with Crippen LogP contribution in [0, 0.1) is 3.57 Å². The molecule has 6 aromatic rings. The van der Waals surface area contributed by atoms with Gasteiger partial charge in [0.2, 0.25) is 0 Å². The molecule has 3 aromatic heterocycles. The first kappa shape index (κ1) is 23.0. The Morgan fingerprint density at radius 1 is 0.833 bits per heavy atom. The van der Waals surface area contributed by atoms with Gasteiger partial charge in [0.15, 0.2) is 11.0 Å². The van der Waals surface area contributed by atoms with E-state index in [2.05, 4.69) is 80.8 Å². The number of fused-ring (bicyclic) bond motifs is 1. The molecule has 3 aromatic carbocycles. The highest BCUT2D eigenvalue weighted by Crippen LogP contribution is 2.34. The van der Waals surface area contributed by atoms with Crippen LogP contribution in [0.4, 0.5) is 0 Å². The molecule has 0 unspecified atom stereocenters. The van der Waals surface area contributed by atoms with Gasteiger partial charge in [0.1, 0.15) is 5.76 Å². The lowest BCUT2D eigenvalue weighted by Gasteiger charge is -2.12. The maximum atomic E-state index is 5.71. The summed E-state index contributed by atoms with van der Waals surface area (Å²) in [6.45, 7) is 0.543. The van der Waals surface area contributed by atoms with Gasteiger partial charge in [-0.1, -0.05) is 72.4 Å². The minimum atomic E-state index is 0.543. The van der Waals surface area contributed by atoms with Crippen LogP contribution in [-0.4, -0.2) is 19.7 Å². The molecule has 0 aliphatic carbocycles. The average molecular weight is 600 g/mol. The second-order valence-corrected chi connectivity index (χ2v) is 10.5. The number of nitrogens with zero attached hydrogens (tertiary/aromatic N) is 4. The zero-order valence-electron chi connectivity index (χ0n) is 19.2. The summed E-state index contributed by atoms with van der Waals surface area (Å²) >= 11 is 4.03. The van der Waals surface area contributed by atoms with Gasteiger partial charge >= 0.3 is 0 Å². The summed E-state index contributed by atoms with van der Waals surface area (Å²) in [5, 5.41) is 11.2. The third kappa shape index (κ3) is 4.81. The van der Waals surface area contributed by atoms with Crippen molar-refractivity contribution < 1.29 is 4.42 Å². The van der Waals surface area contributed by atoms with E-state index < -0.39 is 0 Å². The number of thioether (sulfide) groups is 1. The Morgan fingerprint density at radius 3 is 2.53 bits per heavy atom. The summed E-state index contributed by atoms with van der Waals surface area (Å²) in [5.74, 6) is 2.46. The Morgan fingerprint density at radius 2 is 1.69 bits per heavy atom. The van der Waals surface area contributed by atoms with Crippen molar-refractivity contribution in [2.75, 3.05) is 0 Å². The Balaban J connectivity index is 1.47. The van der Waals surface area contributed by atoms with Crippen molar-refractivity contribution in [2.24, 2.45) is 0 Å². The van der Waals surface area contributed by atoms with Crippen LogP contribution in [-0.2, 0) is 12.3 Å². The molecule has 176 valence electrons. The second-order valence-electron chi connectivity index (χ2n) is 8.33. The van der Waals surface area contributed by atoms with Gasteiger partial charge in [0.05, 0.1) is 24.0 Å². The monoisotopic (exact) mass is 600 g/mol. The number of hydrogen-bond acceptors (Lipinski definition) is 5. The normalized spacial score (nSPS) is 11.2. The van der Waals surface area contributed by atoms with Crippen molar-refractivity contribution in [3.63, 3.8) is 0 Å². The van der Waals surface area contributed by atoms with Gasteiger partial charge in [0.25, 0.3) is 0 Å². The van der Waals surface area contributed by atoms with Gasteiger partial charge in [-0.2, -0.15) is 0 Å². The highest BCUT2D eigenvalue weighted by atomic mass is 127. The molecule has 0 atom stereocenters. The van der Waals surface area contributed by atoms with Crippen molar-refractivity contribution >= 4 is 45.3 Å². The molecule has 0 fully saturated rings. The number of para-hydroxylation sites is 1. The summed E-state index contributed by atoms with van der Waals surface area (Å²) in [6, 6.07) is 33.0. The van der Waals surface area contributed by atoms with Crippen LogP contribution >= 0.6 is 34.4 Å². The topological polar surface area (TPSA) is 56.7 Å². The molecule has 36 heavy (non-hydrogen) atoms. The summed E-state index contributed by atoms with van der Waals surface area (Å²) in [6.07, 6.45) is 1.70. The molecule has 0 aliphatic rings. The van der Waals surface area contributed by atoms with Crippen LogP contribution in [0.1, 0.15) is 11.3 Å². The summed E-state index contributed by atoms with van der Waals surface area (Å²) < 4.78 is 9.08. The first-order valence-corrected chi connectivity index (χ1v) is 13.6. The van der Waals surface area contributed by atoms with E-state index in [1.807, 2.05) is 48.5 Å². The zero-order chi connectivity index (χ0) is 24.3. The lowest BCUT2D eigenvalue weighted by atomic mass is 10.0. The quantitative estimate of drug-likeness (QED) is 0.139. The molecule has 6 rings (SSSR count). The first-order valence-electron chi connectivity index (χ1n) is 11.5. The van der Waals surface area contributed by atoms with Crippen molar-refractivity contribution in [1.82, 2.24) is 19.7 Å². The molecule has 5 nitrogen and oxygen atoms in total. The number of furan rings is 1. The SMILES string of the molecule is Ic1cccc(CSc2nnc(-c3cc(-c4ccccc4)nc4ccccc34)n2Cc2ccco2)c1. The predicted molar refractivity (Wildman–Crippen MR) is 153 cm³/mol. The van der Waals surface area contributed by atoms with E-state index in [0.29, 0.717) is 6.54 Å². The number of halogens is 1. The van der Waals surface area contributed by atoms with E-state index in [4.69, 9.17) is 14.5 Å². The molecule has 0 radical (unpaired) electrons. The van der Waals surface area contributed by atoms with E-state index in [1.165, 1.54) is 9.13 Å². The highest BCUT2D eigenvalue weighted by Gasteiger charge is 2.19. The van der Waals surface area contributed by atoms with E-state index in [0.717, 1.165) is 50.2 Å². The smallest absolute Gasteiger partial charge is 0.192 e. The minimum Gasteiger partial charge on any atom is -0.467 e. The van der Waals surface area contributed by atoms with Crippen LogP contribution < -0.4 is 0 Å². The molecular weight excluding hydrogens is 579 g/mol. The Bertz CT molecular complexity index is 1630. The first-order chi connectivity index (χ1) is 17.7. The van der Waals surface area contributed by atoms with Crippen LogP contribution in [0.25, 0.3) is 33.5 Å². The minimum absolute atomic E-state index is 0.543. The summed E-state index contributed by atoms with van der Waals surface area (Å²) in [4.78, 5) is 4.95. The fourth-order valence-electron chi connectivity index (χ4n) is 4.19. The maximum absolute atomic E-state index is 5.71. The second kappa shape index (κ2) is 10.3. The number of aromatic nitrogens is 4. The molecule has 7 heteroatoms. The standard InChI is InChI=1S/C29H21IN4OS/c30-22-11-6-8-20(16-22)19-36-29-33-32-28(34(29)18-23-12-7-15-35-23)25-17-27(21-9-2-1-3-10-21)31-26-14-5-4-13-24(25)26/h1-17H,18-19H2. The Kier molecular flexibility index (Phi) is 6.57. The van der Waals surface area contributed by atoms with Crippen molar-refractivity contribution in [3.8, 4) is 22.6 Å². The van der Waals surface area contributed by atoms with Crippen LogP contribution in [0.3, 0.4) is 0 Å². The molecule has 0 aliphatic heterocycles.